The smallest absolute Gasteiger partial charge is 0.223 e. The van der Waals surface area contributed by atoms with Crippen LogP contribution in [0.25, 0.3) is 10.9 Å². The molecule has 4 heteroatoms. The molecule has 4 nitrogen and oxygen atoms in total. The van der Waals surface area contributed by atoms with Crippen LogP contribution >= 0.6 is 0 Å². The number of aromatic amines is 1. The molecule has 0 radical (unpaired) electrons. The first-order chi connectivity index (χ1) is 12.5. The van der Waals surface area contributed by atoms with E-state index in [4.69, 9.17) is 0 Å². The highest BCUT2D eigenvalue weighted by atomic mass is 16.3. The van der Waals surface area contributed by atoms with Gasteiger partial charge in [0.25, 0.3) is 0 Å². The molecular formula is C22H28N2O2. The number of nitrogens with one attached hydrogen (secondary N) is 1. The van der Waals surface area contributed by atoms with Gasteiger partial charge in [0.05, 0.1) is 6.10 Å². The van der Waals surface area contributed by atoms with Gasteiger partial charge >= 0.3 is 0 Å². The predicted molar refractivity (Wildman–Crippen MR) is 102 cm³/mol. The number of carbonyl (C=O) groups is 1. The normalized spacial score (nSPS) is 33.8. The van der Waals surface area contributed by atoms with E-state index in [-0.39, 0.29) is 12.0 Å². The van der Waals surface area contributed by atoms with Crippen LogP contribution in [0.1, 0.15) is 56.1 Å². The number of rotatable bonds is 3. The third-order valence-corrected chi connectivity index (χ3v) is 7.30. The van der Waals surface area contributed by atoms with Crippen molar-refractivity contribution in [2.45, 2.75) is 70.1 Å². The highest BCUT2D eigenvalue weighted by Gasteiger charge is 2.52. The number of amides is 1. The van der Waals surface area contributed by atoms with Gasteiger partial charge < -0.3 is 15.0 Å². The van der Waals surface area contributed by atoms with Crippen LogP contribution in [-0.4, -0.2) is 39.1 Å². The van der Waals surface area contributed by atoms with E-state index in [9.17, 15) is 9.90 Å². The number of aliphatic hydroxyl groups excluding tert-OH is 1. The third kappa shape index (κ3) is 2.34. The summed E-state index contributed by atoms with van der Waals surface area (Å²) < 4.78 is 0. The Balaban J connectivity index is 1.36. The Morgan fingerprint density at radius 2 is 1.88 bits per heavy atom. The number of aromatic nitrogens is 1. The maximum Gasteiger partial charge on any atom is 0.223 e. The number of fused-ring (bicyclic) bond motifs is 1. The third-order valence-electron chi connectivity index (χ3n) is 7.30. The fourth-order valence-electron chi connectivity index (χ4n) is 6.15. The van der Waals surface area contributed by atoms with E-state index >= 15 is 0 Å². The second-order valence-corrected chi connectivity index (χ2v) is 8.91. The van der Waals surface area contributed by atoms with Crippen LogP contribution in [0, 0.1) is 18.8 Å². The first-order valence-electron chi connectivity index (χ1n) is 10.1. The molecule has 2 N–H and O–H groups in total. The topological polar surface area (TPSA) is 56.3 Å². The van der Waals surface area contributed by atoms with Gasteiger partial charge in [-0.2, -0.15) is 0 Å². The number of H-pyrrole nitrogens is 1. The number of aliphatic hydroxyl groups is 1. The number of piperidine rings is 2. The molecule has 3 heterocycles. The van der Waals surface area contributed by atoms with Crippen LogP contribution in [0.2, 0.25) is 0 Å². The summed E-state index contributed by atoms with van der Waals surface area (Å²) in [5.74, 6) is 1.37. The van der Waals surface area contributed by atoms with E-state index in [1.807, 2.05) is 0 Å². The molecule has 2 saturated heterocycles. The van der Waals surface area contributed by atoms with Crippen LogP contribution in [0.3, 0.4) is 0 Å². The minimum Gasteiger partial charge on any atom is -0.393 e. The van der Waals surface area contributed by atoms with Crippen molar-refractivity contribution in [3.8, 4) is 0 Å². The standard InChI is InChI=1S/C22H28N2O2/c1-12-4-3-5-19-21(12)18(11-23-19)13(2)6-20(25)24-16-7-14-8-17(24)10-15(9-16)22(14)26/h3-5,11,13-17,22-23,26H,6-10H2,1-2H3. The molecule has 6 rings (SSSR count). The van der Waals surface area contributed by atoms with E-state index in [0.717, 1.165) is 31.2 Å². The van der Waals surface area contributed by atoms with Crippen LogP contribution in [0.4, 0.5) is 0 Å². The van der Waals surface area contributed by atoms with Gasteiger partial charge in [-0.05, 0) is 67.6 Å². The van der Waals surface area contributed by atoms with E-state index in [2.05, 4.69) is 48.1 Å². The molecule has 1 atom stereocenters. The van der Waals surface area contributed by atoms with Gasteiger partial charge in [0.15, 0.2) is 0 Å². The second-order valence-electron chi connectivity index (χ2n) is 8.91. The minimum absolute atomic E-state index is 0.118. The predicted octanol–water partition coefficient (Wildman–Crippen LogP) is 3.73. The lowest BCUT2D eigenvalue weighted by Crippen LogP contribution is -2.64. The fraction of sp³-hybridized carbons (Fsp3) is 0.591. The van der Waals surface area contributed by atoms with Crippen molar-refractivity contribution < 1.29 is 9.90 Å². The van der Waals surface area contributed by atoms with Gasteiger partial charge in [-0.25, -0.2) is 0 Å². The number of hydrogen-bond acceptors (Lipinski definition) is 2. The van der Waals surface area contributed by atoms with Gasteiger partial charge in [0, 0.05) is 35.6 Å². The van der Waals surface area contributed by atoms with E-state index in [1.165, 1.54) is 16.5 Å². The van der Waals surface area contributed by atoms with Gasteiger partial charge in [-0.3, -0.25) is 4.79 Å². The molecule has 4 aliphatic rings. The Kier molecular flexibility index (Phi) is 3.68. The lowest BCUT2D eigenvalue weighted by molar-refractivity contribution is -0.163. The highest BCUT2D eigenvalue weighted by molar-refractivity contribution is 5.88. The van der Waals surface area contributed by atoms with Crippen molar-refractivity contribution >= 4 is 16.8 Å². The first-order valence-corrected chi connectivity index (χ1v) is 10.1. The van der Waals surface area contributed by atoms with Crippen LogP contribution in [0.5, 0.6) is 0 Å². The molecule has 1 unspecified atom stereocenters. The summed E-state index contributed by atoms with van der Waals surface area (Å²) in [6, 6.07) is 7.05. The summed E-state index contributed by atoms with van der Waals surface area (Å²) in [5, 5.41) is 11.6. The Morgan fingerprint density at radius 3 is 2.54 bits per heavy atom. The maximum absolute atomic E-state index is 13.2. The quantitative estimate of drug-likeness (QED) is 0.884. The molecule has 2 saturated carbocycles. The van der Waals surface area contributed by atoms with Crippen LogP contribution < -0.4 is 0 Å². The summed E-state index contributed by atoms with van der Waals surface area (Å²) in [6.07, 6.45) is 6.54. The maximum atomic E-state index is 13.2. The number of nitrogens with zero attached hydrogens (tertiary/aromatic N) is 1. The summed E-state index contributed by atoms with van der Waals surface area (Å²) >= 11 is 0. The Labute approximate surface area is 154 Å². The summed E-state index contributed by atoms with van der Waals surface area (Å²) in [4.78, 5) is 18.8. The molecular weight excluding hydrogens is 324 g/mol. The van der Waals surface area contributed by atoms with Gasteiger partial charge in [0.2, 0.25) is 5.91 Å². The zero-order valence-electron chi connectivity index (χ0n) is 15.6. The Bertz CT molecular complexity index is 825. The van der Waals surface area contributed by atoms with Gasteiger partial charge in [-0.15, -0.1) is 0 Å². The zero-order chi connectivity index (χ0) is 18.0. The van der Waals surface area contributed by atoms with Crippen molar-refractivity contribution in [2.75, 3.05) is 0 Å². The summed E-state index contributed by atoms with van der Waals surface area (Å²) in [5.41, 5.74) is 3.68. The molecule has 1 aromatic carbocycles. The molecule has 2 aliphatic heterocycles. The van der Waals surface area contributed by atoms with E-state index in [1.54, 1.807) is 0 Å². The molecule has 2 aliphatic carbocycles. The van der Waals surface area contributed by atoms with Gasteiger partial charge in [-0.1, -0.05) is 19.1 Å². The molecule has 138 valence electrons. The van der Waals surface area contributed by atoms with E-state index in [0.29, 0.717) is 36.2 Å². The molecule has 1 aromatic heterocycles. The molecule has 4 fully saturated rings. The number of benzene rings is 1. The number of aryl methyl sites for hydroxylation is 1. The summed E-state index contributed by atoms with van der Waals surface area (Å²) in [7, 11) is 0. The van der Waals surface area contributed by atoms with Crippen molar-refractivity contribution in [3.63, 3.8) is 0 Å². The van der Waals surface area contributed by atoms with Gasteiger partial charge in [0.1, 0.15) is 0 Å². The molecule has 1 amide bonds. The van der Waals surface area contributed by atoms with Crippen molar-refractivity contribution in [3.05, 3.63) is 35.5 Å². The first kappa shape index (κ1) is 16.4. The fourth-order valence-corrected chi connectivity index (χ4v) is 6.15. The Hall–Kier alpha value is -1.81. The van der Waals surface area contributed by atoms with Crippen LogP contribution in [0.15, 0.2) is 24.4 Å². The number of carbonyl (C=O) groups excluding carboxylic acids is 1. The average molecular weight is 352 g/mol. The average Bonchev–Trinajstić information content (AvgIpc) is 3.03. The summed E-state index contributed by atoms with van der Waals surface area (Å²) in [6.45, 7) is 4.31. The van der Waals surface area contributed by atoms with Crippen molar-refractivity contribution in [1.82, 2.24) is 9.88 Å². The number of hydrogen-bond donors (Lipinski definition) is 2. The molecule has 26 heavy (non-hydrogen) atoms. The SMILES string of the molecule is Cc1cccc2[nH]cc(C(C)CC(=O)N3C4CC5CC3CC(C4)C5O)c12. The minimum atomic E-state index is -0.118. The largest absolute Gasteiger partial charge is 0.393 e. The van der Waals surface area contributed by atoms with Crippen molar-refractivity contribution in [1.29, 1.82) is 0 Å². The van der Waals surface area contributed by atoms with Crippen LogP contribution in [-0.2, 0) is 4.79 Å². The monoisotopic (exact) mass is 352 g/mol. The second kappa shape index (κ2) is 5.85. The Morgan fingerprint density at radius 1 is 1.23 bits per heavy atom. The lowest BCUT2D eigenvalue weighted by atomic mass is 9.62. The molecule has 2 aromatic rings. The molecule has 4 bridgehead atoms. The zero-order valence-corrected chi connectivity index (χ0v) is 15.6. The molecule has 0 spiro atoms. The van der Waals surface area contributed by atoms with Crippen molar-refractivity contribution in [2.24, 2.45) is 11.8 Å². The lowest BCUT2D eigenvalue weighted by Gasteiger charge is -2.58. The highest BCUT2D eigenvalue weighted by Crippen LogP contribution is 2.49. The van der Waals surface area contributed by atoms with E-state index < -0.39 is 0 Å².